The van der Waals surface area contributed by atoms with E-state index in [-0.39, 0.29) is 5.91 Å². The number of imidazole rings is 1. The van der Waals surface area contributed by atoms with Crippen molar-refractivity contribution in [3.8, 4) is 11.5 Å². The maximum absolute atomic E-state index is 13.8. The summed E-state index contributed by atoms with van der Waals surface area (Å²) in [5.41, 5.74) is 3.39. The Morgan fingerprint density at radius 2 is 1.78 bits per heavy atom. The third kappa shape index (κ3) is 5.65. The monoisotopic (exact) mass is 505 g/mol. The van der Waals surface area contributed by atoms with Crippen LogP contribution in [0.15, 0.2) is 66.7 Å². The lowest BCUT2D eigenvalue weighted by Crippen LogP contribution is -2.33. The van der Waals surface area contributed by atoms with Crippen molar-refractivity contribution in [3.05, 3.63) is 88.7 Å². The fourth-order valence-corrected chi connectivity index (χ4v) is 4.40. The van der Waals surface area contributed by atoms with Crippen LogP contribution in [-0.2, 0) is 13.1 Å². The predicted octanol–water partition coefficient (Wildman–Crippen LogP) is 6.44. The van der Waals surface area contributed by atoms with Crippen LogP contribution < -0.4 is 9.47 Å². The number of nitrogens with zero attached hydrogens (tertiary/aromatic N) is 3. The van der Waals surface area contributed by atoms with Gasteiger partial charge in [-0.1, -0.05) is 55.8 Å². The number of ether oxygens (including phenoxy) is 2. The molecule has 0 bridgehead atoms. The second-order valence-corrected chi connectivity index (χ2v) is 9.58. The van der Waals surface area contributed by atoms with Gasteiger partial charge in [-0.2, -0.15) is 0 Å². The number of amides is 1. The summed E-state index contributed by atoms with van der Waals surface area (Å²) in [4.78, 5) is 20.6. The number of hydrogen-bond donors (Lipinski definition) is 0. The molecule has 0 fully saturated rings. The number of carbonyl (C=O) groups excluding carboxylic acids is 1. The Kier molecular flexibility index (Phi) is 8.16. The van der Waals surface area contributed by atoms with Gasteiger partial charge in [0.2, 0.25) is 0 Å². The summed E-state index contributed by atoms with van der Waals surface area (Å²) in [6.45, 7) is 5.83. The maximum Gasteiger partial charge on any atom is 0.258 e. The molecule has 0 N–H and O–H groups in total. The average molecular weight is 506 g/mol. The van der Waals surface area contributed by atoms with Gasteiger partial charge < -0.3 is 18.9 Å². The van der Waals surface area contributed by atoms with E-state index in [0.717, 1.165) is 28.8 Å². The standard InChI is InChI=1S/C29H32ClN3O3/c1-20(2)15-16-32(29(34)23-14-13-22(35-3)17-27(23)36-4)19-28-31-25-11-7-8-12-26(25)33(28)18-21-9-5-6-10-24(21)30/h5-14,17,20H,15-16,18-19H2,1-4H3. The zero-order chi connectivity index (χ0) is 25.7. The van der Waals surface area contributed by atoms with Gasteiger partial charge in [-0.25, -0.2) is 4.98 Å². The normalized spacial score (nSPS) is 11.2. The molecule has 0 saturated carbocycles. The minimum absolute atomic E-state index is 0.105. The number of fused-ring (bicyclic) bond motifs is 1. The van der Waals surface area contributed by atoms with Gasteiger partial charge in [0.1, 0.15) is 17.3 Å². The van der Waals surface area contributed by atoms with Gasteiger partial charge in [-0.05, 0) is 48.2 Å². The first-order chi connectivity index (χ1) is 17.4. The first-order valence-electron chi connectivity index (χ1n) is 12.1. The Balaban J connectivity index is 1.73. The van der Waals surface area contributed by atoms with Gasteiger partial charge in [0.05, 0.1) is 43.9 Å². The highest BCUT2D eigenvalue weighted by Crippen LogP contribution is 2.28. The van der Waals surface area contributed by atoms with Crippen LogP contribution in [0.5, 0.6) is 11.5 Å². The number of hydrogen-bond acceptors (Lipinski definition) is 4. The highest BCUT2D eigenvalue weighted by atomic mass is 35.5. The van der Waals surface area contributed by atoms with Crippen molar-refractivity contribution in [2.24, 2.45) is 5.92 Å². The molecule has 0 spiro atoms. The predicted molar refractivity (Wildman–Crippen MR) is 144 cm³/mol. The fraction of sp³-hybridized carbons (Fsp3) is 0.310. The third-order valence-electron chi connectivity index (χ3n) is 6.25. The minimum Gasteiger partial charge on any atom is -0.497 e. The zero-order valence-electron chi connectivity index (χ0n) is 21.2. The van der Waals surface area contributed by atoms with E-state index >= 15 is 0 Å². The molecule has 4 rings (SSSR count). The quantitative estimate of drug-likeness (QED) is 0.249. The highest BCUT2D eigenvalue weighted by molar-refractivity contribution is 6.31. The smallest absolute Gasteiger partial charge is 0.258 e. The number of rotatable bonds is 10. The lowest BCUT2D eigenvalue weighted by molar-refractivity contribution is 0.0726. The average Bonchev–Trinajstić information content (AvgIpc) is 3.23. The Morgan fingerprint density at radius 1 is 1.03 bits per heavy atom. The molecule has 0 aliphatic rings. The molecule has 1 amide bonds. The van der Waals surface area contributed by atoms with Gasteiger partial charge in [-0.15, -0.1) is 0 Å². The molecular weight excluding hydrogens is 474 g/mol. The van der Waals surface area contributed by atoms with Crippen LogP contribution in [0.3, 0.4) is 0 Å². The summed E-state index contributed by atoms with van der Waals surface area (Å²) in [5.74, 6) is 2.27. The summed E-state index contributed by atoms with van der Waals surface area (Å²) in [6.07, 6.45) is 0.870. The Morgan fingerprint density at radius 3 is 2.50 bits per heavy atom. The van der Waals surface area contributed by atoms with Crippen LogP contribution in [0.1, 0.15) is 42.0 Å². The van der Waals surface area contributed by atoms with Crippen molar-refractivity contribution in [2.75, 3.05) is 20.8 Å². The molecular formula is C29H32ClN3O3. The molecule has 6 nitrogen and oxygen atoms in total. The molecule has 1 aromatic heterocycles. The van der Waals surface area contributed by atoms with Crippen molar-refractivity contribution < 1.29 is 14.3 Å². The van der Waals surface area contributed by atoms with Gasteiger partial charge in [0.25, 0.3) is 5.91 Å². The zero-order valence-corrected chi connectivity index (χ0v) is 22.0. The molecule has 188 valence electrons. The van der Waals surface area contributed by atoms with E-state index in [0.29, 0.717) is 47.6 Å². The van der Waals surface area contributed by atoms with Gasteiger partial charge in [-0.3, -0.25) is 4.79 Å². The second-order valence-electron chi connectivity index (χ2n) is 9.17. The van der Waals surface area contributed by atoms with E-state index in [1.807, 2.05) is 47.4 Å². The first kappa shape index (κ1) is 25.6. The molecule has 0 saturated heterocycles. The molecule has 4 aromatic rings. The number of carbonyl (C=O) groups is 1. The van der Waals surface area contributed by atoms with E-state index < -0.39 is 0 Å². The molecule has 7 heteroatoms. The number of methoxy groups -OCH3 is 2. The number of para-hydroxylation sites is 2. The van der Waals surface area contributed by atoms with E-state index in [1.165, 1.54) is 0 Å². The largest absolute Gasteiger partial charge is 0.497 e. The summed E-state index contributed by atoms with van der Waals surface area (Å²) in [5, 5.41) is 0.706. The van der Waals surface area contributed by atoms with Crippen LogP contribution in [-0.4, -0.2) is 41.1 Å². The second kappa shape index (κ2) is 11.5. The number of aromatic nitrogens is 2. The SMILES string of the molecule is COc1ccc(C(=O)N(CCC(C)C)Cc2nc3ccccc3n2Cc2ccccc2Cl)c(OC)c1. The van der Waals surface area contributed by atoms with Crippen molar-refractivity contribution in [2.45, 2.75) is 33.4 Å². The molecule has 36 heavy (non-hydrogen) atoms. The van der Waals surface area contributed by atoms with Crippen LogP contribution in [0.25, 0.3) is 11.0 Å². The number of benzene rings is 3. The van der Waals surface area contributed by atoms with Crippen molar-refractivity contribution in [1.29, 1.82) is 0 Å². The van der Waals surface area contributed by atoms with Gasteiger partial charge in [0, 0.05) is 17.6 Å². The van der Waals surface area contributed by atoms with Crippen LogP contribution in [0.4, 0.5) is 0 Å². The topological polar surface area (TPSA) is 56.6 Å². The van der Waals surface area contributed by atoms with E-state index in [4.69, 9.17) is 26.1 Å². The van der Waals surface area contributed by atoms with E-state index in [9.17, 15) is 4.79 Å². The van der Waals surface area contributed by atoms with Crippen LogP contribution in [0.2, 0.25) is 5.02 Å². The molecule has 3 aromatic carbocycles. The Hall–Kier alpha value is -3.51. The fourth-order valence-electron chi connectivity index (χ4n) is 4.20. The van der Waals surface area contributed by atoms with Crippen molar-refractivity contribution >= 4 is 28.5 Å². The Labute approximate surface area is 217 Å². The lowest BCUT2D eigenvalue weighted by Gasteiger charge is -2.25. The molecule has 0 aliphatic carbocycles. The molecule has 0 aliphatic heterocycles. The van der Waals surface area contributed by atoms with Gasteiger partial charge >= 0.3 is 0 Å². The Bertz CT molecular complexity index is 1350. The highest BCUT2D eigenvalue weighted by Gasteiger charge is 2.23. The van der Waals surface area contributed by atoms with Crippen molar-refractivity contribution in [3.63, 3.8) is 0 Å². The van der Waals surface area contributed by atoms with Crippen LogP contribution in [0, 0.1) is 5.92 Å². The summed E-state index contributed by atoms with van der Waals surface area (Å²) >= 11 is 6.50. The maximum atomic E-state index is 13.8. The lowest BCUT2D eigenvalue weighted by atomic mass is 10.1. The third-order valence-corrected chi connectivity index (χ3v) is 6.62. The summed E-state index contributed by atoms with van der Waals surface area (Å²) in [7, 11) is 3.15. The van der Waals surface area contributed by atoms with E-state index in [1.54, 1.807) is 32.4 Å². The minimum atomic E-state index is -0.105. The molecule has 0 atom stereocenters. The molecule has 1 heterocycles. The summed E-state index contributed by atoms with van der Waals surface area (Å²) in [6, 6.07) is 21.1. The van der Waals surface area contributed by atoms with E-state index in [2.05, 4.69) is 24.5 Å². The van der Waals surface area contributed by atoms with Gasteiger partial charge in [0.15, 0.2) is 0 Å². The molecule has 0 unspecified atom stereocenters. The first-order valence-corrected chi connectivity index (χ1v) is 12.5. The van der Waals surface area contributed by atoms with Crippen molar-refractivity contribution in [1.82, 2.24) is 14.5 Å². The summed E-state index contributed by atoms with van der Waals surface area (Å²) < 4.78 is 13.0. The number of halogens is 1. The van der Waals surface area contributed by atoms with Crippen LogP contribution >= 0.6 is 11.6 Å². The molecule has 0 radical (unpaired) electrons.